The van der Waals surface area contributed by atoms with Crippen LogP contribution in [0.25, 0.3) is 0 Å². The first-order valence-electron chi connectivity index (χ1n) is 5.63. The molecule has 0 aliphatic carbocycles. The maximum Gasteiger partial charge on any atom is 0.173 e. The molecule has 0 amide bonds. The zero-order chi connectivity index (χ0) is 13.5. The lowest BCUT2D eigenvalue weighted by Crippen LogP contribution is -2.12. The topological polar surface area (TPSA) is 43.4 Å². The highest BCUT2D eigenvalue weighted by Crippen LogP contribution is 2.13. The van der Waals surface area contributed by atoms with Crippen LogP contribution >= 0.6 is 0 Å². The van der Waals surface area contributed by atoms with Crippen molar-refractivity contribution in [2.24, 2.45) is 0 Å². The molecule has 0 saturated heterocycles. The van der Waals surface area contributed by atoms with E-state index in [1.807, 2.05) is 0 Å². The number of halogens is 2. The normalized spacial score (nSPS) is 10.4. The Bertz CT molecular complexity index is 444. The van der Waals surface area contributed by atoms with Gasteiger partial charge in [0.25, 0.3) is 0 Å². The van der Waals surface area contributed by atoms with Crippen molar-refractivity contribution in [1.82, 2.24) is 0 Å². The van der Waals surface area contributed by atoms with Crippen molar-refractivity contribution >= 4 is 11.6 Å². The molecule has 0 atom stereocenters. The molecule has 0 saturated carbocycles. The number of ether oxygens (including phenoxy) is 1. The zero-order valence-corrected chi connectivity index (χ0v) is 10.0. The van der Waals surface area contributed by atoms with E-state index >= 15 is 0 Å². The van der Waals surface area contributed by atoms with E-state index < -0.39 is 23.8 Å². The average molecular weight is 256 g/mol. The maximum absolute atomic E-state index is 13.3. The number of carbonyl (C=O) groups is 2. The Balaban J connectivity index is 2.60. The van der Waals surface area contributed by atoms with Crippen LogP contribution in [-0.4, -0.2) is 24.8 Å². The molecule has 0 aromatic heterocycles. The zero-order valence-electron chi connectivity index (χ0n) is 10.0. The van der Waals surface area contributed by atoms with Gasteiger partial charge in [-0.25, -0.2) is 8.78 Å². The highest BCUT2D eigenvalue weighted by molar-refractivity contribution is 6.08. The molecule has 0 spiro atoms. The van der Waals surface area contributed by atoms with Crippen LogP contribution in [0, 0.1) is 11.6 Å². The fourth-order valence-corrected chi connectivity index (χ4v) is 1.41. The van der Waals surface area contributed by atoms with E-state index in [-0.39, 0.29) is 24.4 Å². The summed E-state index contributed by atoms with van der Waals surface area (Å²) in [5.74, 6) is -3.37. The fraction of sp³-hybridized carbons (Fsp3) is 0.385. The van der Waals surface area contributed by atoms with Gasteiger partial charge in [0.05, 0.1) is 18.6 Å². The lowest BCUT2D eigenvalue weighted by molar-refractivity contribution is -0.119. The molecule has 1 rings (SSSR count). The van der Waals surface area contributed by atoms with Gasteiger partial charge in [0, 0.05) is 13.0 Å². The average Bonchev–Trinajstić information content (AvgIpc) is 2.32. The van der Waals surface area contributed by atoms with Crippen LogP contribution in [-0.2, 0) is 9.53 Å². The first-order valence-corrected chi connectivity index (χ1v) is 5.63. The Kier molecular flexibility index (Phi) is 5.58. The number of hydrogen-bond donors (Lipinski definition) is 0. The van der Waals surface area contributed by atoms with Gasteiger partial charge in [-0.1, -0.05) is 6.07 Å². The largest absolute Gasteiger partial charge is 0.381 e. The van der Waals surface area contributed by atoms with E-state index in [2.05, 4.69) is 0 Å². The van der Waals surface area contributed by atoms with Gasteiger partial charge >= 0.3 is 0 Å². The van der Waals surface area contributed by atoms with E-state index in [0.717, 1.165) is 12.1 Å². The number of carbonyl (C=O) groups excluding carboxylic acids is 2. The van der Waals surface area contributed by atoms with E-state index in [4.69, 9.17) is 4.74 Å². The van der Waals surface area contributed by atoms with E-state index in [1.54, 1.807) is 6.92 Å². The lowest BCUT2D eigenvalue weighted by atomic mass is 10.0. The summed E-state index contributed by atoms with van der Waals surface area (Å²) in [7, 11) is 0. The van der Waals surface area contributed by atoms with Crippen molar-refractivity contribution in [3.05, 3.63) is 35.4 Å². The molecule has 0 unspecified atom stereocenters. The predicted molar refractivity (Wildman–Crippen MR) is 61.4 cm³/mol. The van der Waals surface area contributed by atoms with Gasteiger partial charge in [0.15, 0.2) is 17.4 Å². The number of ketones is 2. The Morgan fingerprint density at radius 3 is 2.67 bits per heavy atom. The van der Waals surface area contributed by atoms with E-state index in [0.29, 0.717) is 6.61 Å². The van der Waals surface area contributed by atoms with Gasteiger partial charge in [-0.3, -0.25) is 9.59 Å². The second-order valence-electron chi connectivity index (χ2n) is 3.69. The van der Waals surface area contributed by atoms with Crippen LogP contribution in [0.4, 0.5) is 8.78 Å². The second-order valence-corrected chi connectivity index (χ2v) is 3.69. The van der Waals surface area contributed by atoms with Crippen LogP contribution in [0.3, 0.4) is 0 Å². The summed E-state index contributed by atoms with van der Waals surface area (Å²) in [6.45, 7) is 2.51. The summed E-state index contributed by atoms with van der Waals surface area (Å²) in [5, 5.41) is 0. The predicted octanol–water partition coefficient (Wildman–Crippen LogP) is 2.53. The number of rotatable bonds is 7. The molecule has 0 fully saturated rings. The van der Waals surface area contributed by atoms with Crippen LogP contribution in [0.2, 0.25) is 0 Å². The molecule has 0 bridgehead atoms. The van der Waals surface area contributed by atoms with Crippen molar-refractivity contribution in [1.29, 1.82) is 0 Å². The van der Waals surface area contributed by atoms with Crippen molar-refractivity contribution in [3.8, 4) is 0 Å². The Morgan fingerprint density at radius 1 is 1.28 bits per heavy atom. The van der Waals surface area contributed by atoms with Crippen molar-refractivity contribution in [2.45, 2.75) is 19.8 Å². The van der Waals surface area contributed by atoms with Gasteiger partial charge in [-0.05, 0) is 19.1 Å². The summed E-state index contributed by atoms with van der Waals surface area (Å²) < 4.78 is 31.1. The SMILES string of the molecule is CCOCCC(=O)CC(=O)c1cccc(F)c1F. The molecular formula is C13H14F2O3. The number of Topliss-reactive ketones (excluding diaryl/α,β-unsaturated/α-hetero) is 2. The van der Waals surface area contributed by atoms with Gasteiger partial charge in [0.1, 0.15) is 5.78 Å². The van der Waals surface area contributed by atoms with E-state index in [9.17, 15) is 18.4 Å². The fourth-order valence-electron chi connectivity index (χ4n) is 1.41. The smallest absolute Gasteiger partial charge is 0.173 e. The quantitative estimate of drug-likeness (QED) is 0.428. The van der Waals surface area contributed by atoms with Crippen molar-refractivity contribution in [2.75, 3.05) is 13.2 Å². The molecular weight excluding hydrogens is 242 g/mol. The van der Waals surface area contributed by atoms with Gasteiger partial charge in [-0.15, -0.1) is 0 Å². The summed E-state index contributed by atoms with van der Waals surface area (Å²) >= 11 is 0. The standard InChI is InChI=1S/C13H14F2O3/c1-2-18-7-6-9(16)8-12(17)10-4-3-5-11(14)13(10)15/h3-5H,2,6-8H2,1H3. The highest BCUT2D eigenvalue weighted by Gasteiger charge is 2.17. The summed E-state index contributed by atoms with van der Waals surface area (Å²) in [4.78, 5) is 23.0. The first-order chi connectivity index (χ1) is 8.56. The maximum atomic E-state index is 13.3. The summed E-state index contributed by atoms with van der Waals surface area (Å²) in [5.41, 5.74) is -0.389. The summed E-state index contributed by atoms with van der Waals surface area (Å²) in [6.07, 6.45) is -0.343. The minimum absolute atomic E-state index is 0.0938. The Labute approximate surface area is 104 Å². The minimum atomic E-state index is -1.21. The third-order valence-electron chi connectivity index (χ3n) is 2.34. The van der Waals surface area contributed by atoms with Gasteiger partial charge in [0.2, 0.25) is 0 Å². The third kappa shape index (κ3) is 4.00. The molecule has 1 aromatic carbocycles. The van der Waals surface area contributed by atoms with Crippen LogP contribution in [0.15, 0.2) is 18.2 Å². The van der Waals surface area contributed by atoms with Gasteiger partial charge in [-0.2, -0.15) is 0 Å². The molecule has 0 aliphatic heterocycles. The Morgan fingerprint density at radius 2 is 2.00 bits per heavy atom. The Hall–Kier alpha value is -1.62. The lowest BCUT2D eigenvalue weighted by Gasteiger charge is -2.03. The number of hydrogen-bond acceptors (Lipinski definition) is 3. The molecule has 18 heavy (non-hydrogen) atoms. The molecule has 3 nitrogen and oxygen atoms in total. The van der Waals surface area contributed by atoms with Crippen molar-refractivity contribution in [3.63, 3.8) is 0 Å². The van der Waals surface area contributed by atoms with E-state index in [1.165, 1.54) is 6.07 Å². The monoisotopic (exact) mass is 256 g/mol. The second kappa shape index (κ2) is 6.96. The first kappa shape index (κ1) is 14.4. The molecule has 0 heterocycles. The molecule has 0 radical (unpaired) electrons. The molecule has 0 aliphatic rings. The molecule has 1 aromatic rings. The van der Waals surface area contributed by atoms with Crippen molar-refractivity contribution < 1.29 is 23.1 Å². The van der Waals surface area contributed by atoms with Gasteiger partial charge < -0.3 is 4.74 Å². The van der Waals surface area contributed by atoms with Crippen LogP contribution in [0.5, 0.6) is 0 Å². The van der Waals surface area contributed by atoms with Crippen LogP contribution < -0.4 is 0 Å². The molecule has 5 heteroatoms. The molecule has 0 N–H and O–H groups in total. The third-order valence-corrected chi connectivity index (χ3v) is 2.34. The number of benzene rings is 1. The van der Waals surface area contributed by atoms with Crippen LogP contribution in [0.1, 0.15) is 30.1 Å². The minimum Gasteiger partial charge on any atom is -0.381 e. The summed E-state index contributed by atoms with van der Waals surface area (Å²) in [6, 6.07) is 3.32. The highest BCUT2D eigenvalue weighted by atomic mass is 19.2. The molecule has 98 valence electrons.